The summed E-state index contributed by atoms with van der Waals surface area (Å²) in [7, 11) is -3.69. The minimum absolute atomic E-state index is 0.0769. The smallest absolute Gasteiger partial charge is 0.244 e. The SMILES string of the molecule is C=CC1CN(S(=O)(=O)c2ccc(C)cc2)C2Nc3cc(F)ccc3C12C. The zero-order valence-electron chi connectivity index (χ0n) is 14.7. The van der Waals surface area contributed by atoms with Crippen LogP contribution in [0.5, 0.6) is 0 Å². The number of nitrogens with one attached hydrogen (secondary N) is 1. The van der Waals surface area contributed by atoms with Gasteiger partial charge in [0.2, 0.25) is 10.0 Å². The summed E-state index contributed by atoms with van der Waals surface area (Å²) in [6, 6.07) is 11.4. The van der Waals surface area contributed by atoms with Crippen LogP contribution in [0.3, 0.4) is 0 Å². The number of rotatable bonds is 3. The number of benzene rings is 2. The lowest BCUT2D eigenvalue weighted by Crippen LogP contribution is -2.45. The third kappa shape index (κ3) is 2.25. The highest BCUT2D eigenvalue weighted by Crippen LogP contribution is 2.53. The highest BCUT2D eigenvalue weighted by Gasteiger charge is 2.58. The number of hydrogen-bond donors (Lipinski definition) is 1. The van der Waals surface area contributed by atoms with Gasteiger partial charge in [0.1, 0.15) is 12.0 Å². The van der Waals surface area contributed by atoms with E-state index in [9.17, 15) is 12.8 Å². The molecule has 0 radical (unpaired) electrons. The van der Waals surface area contributed by atoms with E-state index in [1.807, 2.05) is 13.8 Å². The van der Waals surface area contributed by atoms with Crippen molar-refractivity contribution in [3.8, 4) is 0 Å². The molecular formula is C20H21FN2O2S. The van der Waals surface area contributed by atoms with Gasteiger partial charge >= 0.3 is 0 Å². The number of hydrogen-bond acceptors (Lipinski definition) is 3. The fourth-order valence-electron chi connectivity index (χ4n) is 4.21. The van der Waals surface area contributed by atoms with Crippen molar-refractivity contribution < 1.29 is 12.8 Å². The van der Waals surface area contributed by atoms with Crippen LogP contribution in [0, 0.1) is 18.7 Å². The Morgan fingerprint density at radius 1 is 1.27 bits per heavy atom. The fraction of sp³-hybridized carbons (Fsp3) is 0.300. The van der Waals surface area contributed by atoms with Crippen LogP contribution in [0.4, 0.5) is 10.1 Å². The van der Waals surface area contributed by atoms with E-state index in [0.29, 0.717) is 12.2 Å². The van der Waals surface area contributed by atoms with E-state index in [4.69, 9.17) is 0 Å². The molecule has 0 aromatic heterocycles. The lowest BCUT2D eigenvalue weighted by molar-refractivity contribution is 0.350. The standard InChI is InChI=1S/C20H21FN2O2S/c1-4-14-12-23(26(24,25)16-8-5-13(2)6-9-16)19-20(14,3)17-10-7-15(21)11-18(17)22-19/h4-11,14,19,22H,1,12H2,2-3H3. The molecule has 0 aliphatic carbocycles. The lowest BCUT2D eigenvalue weighted by atomic mass is 9.74. The van der Waals surface area contributed by atoms with Crippen LogP contribution in [0.15, 0.2) is 60.0 Å². The molecule has 2 aliphatic heterocycles. The van der Waals surface area contributed by atoms with Gasteiger partial charge in [-0.2, -0.15) is 4.31 Å². The monoisotopic (exact) mass is 372 g/mol. The Bertz CT molecular complexity index is 987. The van der Waals surface area contributed by atoms with E-state index in [-0.39, 0.29) is 16.6 Å². The Morgan fingerprint density at radius 3 is 2.62 bits per heavy atom. The Morgan fingerprint density at radius 2 is 1.96 bits per heavy atom. The number of sulfonamides is 1. The Labute approximate surface area is 153 Å². The van der Waals surface area contributed by atoms with Crippen LogP contribution in [0.25, 0.3) is 0 Å². The van der Waals surface area contributed by atoms with Crippen molar-refractivity contribution >= 4 is 15.7 Å². The van der Waals surface area contributed by atoms with Crippen molar-refractivity contribution in [1.82, 2.24) is 4.31 Å². The van der Waals surface area contributed by atoms with Gasteiger partial charge in [0, 0.05) is 23.6 Å². The first-order valence-electron chi connectivity index (χ1n) is 8.56. The van der Waals surface area contributed by atoms with Crippen LogP contribution >= 0.6 is 0 Å². The zero-order chi connectivity index (χ0) is 18.7. The lowest BCUT2D eigenvalue weighted by Gasteiger charge is -2.30. The van der Waals surface area contributed by atoms with Gasteiger partial charge in [0.05, 0.1) is 4.90 Å². The number of fused-ring (bicyclic) bond motifs is 3. The summed E-state index contributed by atoms with van der Waals surface area (Å²) >= 11 is 0. The molecule has 2 aromatic rings. The summed E-state index contributed by atoms with van der Waals surface area (Å²) in [5, 5.41) is 3.24. The Balaban J connectivity index is 1.82. The van der Waals surface area contributed by atoms with Crippen molar-refractivity contribution in [2.45, 2.75) is 30.3 Å². The van der Waals surface area contributed by atoms with Crippen molar-refractivity contribution in [3.05, 3.63) is 72.1 Å². The number of nitrogens with zero attached hydrogens (tertiary/aromatic N) is 1. The Kier molecular flexibility index (Phi) is 3.75. The first-order valence-corrected chi connectivity index (χ1v) is 10.00. The maximum absolute atomic E-state index is 13.7. The minimum Gasteiger partial charge on any atom is -0.368 e. The molecule has 4 nitrogen and oxygen atoms in total. The normalized spacial score (nSPS) is 27.7. The average molecular weight is 372 g/mol. The molecule has 1 fully saturated rings. The molecule has 4 rings (SSSR count). The number of aryl methyl sites for hydroxylation is 1. The molecule has 2 heterocycles. The minimum atomic E-state index is -3.69. The number of halogens is 1. The van der Waals surface area contributed by atoms with E-state index < -0.39 is 21.6 Å². The molecule has 0 bridgehead atoms. The van der Waals surface area contributed by atoms with Gasteiger partial charge in [0.25, 0.3) is 0 Å². The van der Waals surface area contributed by atoms with Crippen LogP contribution in [-0.4, -0.2) is 25.4 Å². The average Bonchev–Trinajstić information content (AvgIpc) is 3.04. The highest BCUT2D eigenvalue weighted by molar-refractivity contribution is 7.89. The van der Waals surface area contributed by atoms with Crippen molar-refractivity contribution in [3.63, 3.8) is 0 Å². The van der Waals surface area contributed by atoms with Gasteiger partial charge in [-0.05, 0) is 36.8 Å². The van der Waals surface area contributed by atoms with Crippen LogP contribution in [0.1, 0.15) is 18.1 Å². The molecule has 0 amide bonds. The maximum Gasteiger partial charge on any atom is 0.244 e. The van der Waals surface area contributed by atoms with Gasteiger partial charge in [-0.1, -0.05) is 36.8 Å². The quantitative estimate of drug-likeness (QED) is 0.837. The third-order valence-electron chi connectivity index (χ3n) is 5.77. The van der Waals surface area contributed by atoms with Gasteiger partial charge in [-0.3, -0.25) is 0 Å². The summed E-state index contributed by atoms with van der Waals surface area (Å²) in [5.74, 6) is -0.421. The summed E-state index contributed by atoms with van der Waals surface area (Å²) in [6.07, 6.45) is 1.33. The topological polar surface area (TPSA) is 49.4 Å². The number of anilines is 1. The third-order valence-corrected chi connectivity index (χ3v) is 7.61. The van der Waals surface area contributed by atoms with Crippen molar-refractivity contribution in [2.75, 3.05) is 11.9 Å². The molecule has 3 atom stereocenters. The molecule has 1 N–H and O–H groups in total. The maximum atomic E-state index is 13.7. The van der Waals surface area contributed by atoms with E-state index >= 15 is 0 Å². The van der Waals surface area contributed by atoms with E-state index in [1.165, 1.54) is 16.4 Å². The molecule has 136 valence electrons. The van der Waals surface area contributed by atoms with Gasteiger partial charge in [-0.15, -0.1) is 6.58 Å². The first kappa shape index (κ1) is 17.2. The summed E-state index contributed by atoms with van der Waals surface area (Å²) < 4.78 is 41.7. The van der Waals surface area contributed by atoms with Crippen molar-refractivity contribution in [1.29, 1.82) is 0 Å². The molecule has 6 heteroatoms. The van der Waals surface area contributed by atoms with Crippen LogP contribution in [-0.2, 0) is 15.4 Å². The van der Waals surface area contributed by atoms with Gasteiger partial charge in [-0.25, -0.2) is 12.8 Å². The predicted octanol–water partition coefficient (Wildman–Crippen LogP) is 3.65. The summed E-state index contributed by atoms with van der Waals surface area (Å²) in [6.45, 7) is 8.19. The highest BCUT2D eigenvalue weighted by atomic mass is 32.2. The van der Waals surface area contributed by atoms with Crippen LogP contribution in [0.2, 0.25) is 0 Å². The van der Waals surface area contributed by atoms with Gasteiger partial charge in [0.15, 0.2) is 0 Å². The predicted molar refractivity (Wildman–Crippen MR) is 99.9 cm³/mol. The molecule has 26 heavy (non-hydrogen) atoms. The Hall–Kier alpha value is -2.18. The second-order valence-electron chi connectivity index (χ2n) is 7.25. The van der Waals surface area contributed by atoms with Gasteiger partial charge < -0.3 is 5.32 Å². The molecule has 0 saturated carbocycles. The summed E-state index contributed by atoms with van der Waals surface area (Å²) in [4.78, 5) is 0.263. The van der Waals surface area contributed by atoms with E-state index in [0.717, 1.165) is 11.1 Å². The molecule has 3 unspecified atom stereocenters. The molecule has 2 aromatic carbocycles. The molecule has 0 spiro atoms. The first-order chi connectivity index (χ1) is 12.3. The van der Waals surface area contributed by atoms with Crippen molar-refractivity contribution in [2.24, 2.45) is 5.92 Å². The molecular weight excluding hydrogens is 351 g/mol. The van der Waals surface area contributed by atoms with E-state index in [2.05, 4.69) is 11.9 Å². The fourth-order valence-corrected chi connectivity index (χ4v) is 5.87. The van der Waals surface area contributed by atoms with E-state index in [1.54, 1.807) is 36.4 Å². The largest absolute Gasteiger partial charge is 0.368 e. The second-order valence-corrected chi connectivity index (χ2v) is 9.14. The van der Waals surface area contributed by atoms with Crippen LogP contribution < -0.4 is 5.32 Å². The molecule has 1 saturated heterocycles. The zero-order valence-corrected chi connectivity index (χ0v) is 15.6. The second kappa shape index (κ2) is 5.66. The summed E-state index contributed by atoms with van der Waals surface area (Å²) in [5.41, 5.74) is 2.08. The molecule has 2 aliphatic rings.